The van der Waals surface area contributed by atoms with E-state index < -0.39 is 0 Å². The van der Waals surface area contributed by atoms with E-state index in [1.54, 1.807) is 0 Å². The van der Waals surface area contributed by atoms with E-state index in [1.165, 1.54) is 0 Å². The molecule has 2 aliphatic rings. The Kier molecular flexibility index (Phi) is 5.27. The molecule has 126 valence electrons. The molecule has 2 fully saturated rings. The molecule has 1 N–H and O–H groups in total. The molecule has 0 bridgehead atoms. The maximum atomic E-state index is 13.3. The molecular formula is C19H27ClN2O. The molecule has 3 rings (SSSR count). The average molecular weight is 335 g/mol. The van der Waals surface area contributed by atoms with E-state index in [4.69, 9.17) is 11.6 Å². The number of likely N-dealkylation sites (tertiary alicyclic amines) is 1. The molecule has 1 aliphatic heterocycles. The number of hydrogen-bond donors (Lipinski definition) is 1. The van der Waals surface area contributed by atoms with Crippen molar-refractivity contribution in [3.05, 3.63) is 34.9 Å². The Morgan fingerprint density at radius 3 is 2.39 bits per heavy atom. The van der Waals surface area contributed by atoms with Gasteiger partial charge in [0.15, 0.2) is 0 Å². The normalized spacial score (nSPS) is 21.6. The molecule has 1 amide bonds. The van der Waals surface area contributed by atoms with Crippen LogP contribution in [0.15, 0.2) is 24.3 Å². The molecule has 4 heteroatoms. The van der Waals surface area contributed by atoms with Crippen LogP contribution < -0.4 is 5.32 Å². The first kappa shape index (κ1) is 16.8. The van der Waals surface area contributed by atoms with Crippen molar-refractivity contribution in [1.82, 2.24) is 10.2 Å². The monoisotopic (exact) mass is 334 g/mol. The highest BCUT2D eigenvalue weighted by Gasteiger charge is 2.45. The first-order valence-corrected chi connectivity index (χ1v) is 9.23. The topological polar surface area (TPSA) is 32.3 Å². The molecule has 0 aromatic heterocycles. The van der Waals surface area contributed by atoms with E-state index in [0.717, 1.165) is 68.7 Å². The first-order chi connectivity index (χ1) is 11.2. The molecule has 1 saturated carbocycles. The van der Waals surface area contributed by atoms with Crippen molar-refractivity contribution in [3.8, 4) is 0 Å². The summed E-state index contributed by atoms with van der Waals surface area (Å²) in [6, 6.07) is 7.95. The maximum absolute atomic E-state index is 13.3. The van der Waals surface area contributed by atoms with Crippen molar-refractivity contribution in [1.29, 1.82) is 0 Å². The number of nitrogens with one attached hydrogen (secondary N) is 1. The molecule has 23 heavy (non-hydrogen) atoms. The van der Waals surface area contributed by atoms with Gasteiger partial charge < -0.3 is 10.2 Å². The van der Waals surface area contributed by atoms with E-state index in [-0.39, 0.29) is 5.41 Å². The van der Waals surface area contributed by atoms with Crippen LogP contribution in [0, 0.1) is 5.92 Å². The highest BCUT2D eigenvalue weighted by atomic mass is 35.5. The van der Waals surface area contributed by atoms with Gasteiger partial charge in [-0.1, -0.05) is 36.6 Å². The third-order valence-electron chi connectivity index (χ3n) is 5.66. The summed E-state index contributed by atoms with van der Waals surface area (Å²) in [4.78, 5) is 15.5. The van der Waals surface area contributed by atoms with Gasteiger partial charge in [0.2, 0.25) is 5.91 Å². The summed E-state index contributed by atoms with van der Waals surface area (Å²) < 4.78 is 0. The van der Waals surface area contributed by atoms with E-state index in [9.17, 15) is 4.79 Å². The Bertz CT molecular complexity index is 529. The fourth-order valence-corrected chi connectivity index (χ4v) is 4.43. The third kappa shape index (κ3) is 3.41. The highest BCUT2D eigenvalue weighted by Crippen LogP contribution is 2.43. The lowest BCUT2D eigenvalue weighted by molar-refractivity contribution is -0.138. The van der Waals surface area contributed by atoms with Crippen LogP contribution >= 0.6 is 11.6 Å². The summed E-state index contributed by atoms with van der Waals surface area (Å²) in [7, 11) is 2.01. The van der Waals surface area contributed by atoms with Gasteiger partial charge in [-0.15, -0.1) is 0 Å². The summed E-state index contributed by atoms with van der Waals surface area (Å²) >= 11 is 6.04. The fourth-order valence-electron chi connectivity index (χ4n) is 4.31. The van der Waals surface area contributed by atoms with Gasteiger partial charge in [-0.25, -0.2) is 0 Å². The highest BCUT2D eigenvalue weighted by molar-refractivity contribution is 6.30. The van der Waals surface area contributed by atoms with E-state index in [1.807, 2.05) is 19.2 Å². The van der Waals surface area contributed by atoms with Gasteiger partial charge in [-0.05, 0) is 62.9 Å². The van der Waals surface area contributed by atoms with E-state index in [0.29, 0.717) is 11.8 Å². The van der Waals surface area contributed by atoms with Gasteiger partial charge >= 0.3 is 0 Å². The number of carbonyl (C=O) groups excluding carboxylic acids is 1. The molecule has 1 aromatic carbocycles. The molecule has 1 saturated heterocycles. The number of rotatable bonds is 4. The maximum Gasteiger partial charge on any atom is 0.233 e. The number of hydrogen-bond acceptors (Lipinski definition) is 2. The molecule has 0 atom stereocenters. The fraction of sp³-hybridized carbons (Fsp3) is 0.632. The standard InChI is InChI=1S/C19H27ClN2O/c1-21-14-15-8-12-22(13-9-15)18(23)19(10-2-3-11-19)16-4-6-17(20)7-5-16/h4-7,15,21H,2-3,8-14H2,1H3. The van der Waals surface area contributed by atoms with Crippen LogP contribution in [-0.4, -0.2) is 37.5 Å². The Balaban J connectivity index is 1.76. The summed E-state index contributed by atoms with van der Waals surface area (Å²) in [5.41, 5.74) is 0.849. The minimum Gasteiger partial charge on any atom is -0.342 e. The molecule has 1 aromatic rings. The lowest BCUT2D eigenvalue weighted by atomic mass is 9.77. The van der Waals surface area contributed by atoms with Crippen LogP contribution in [0.1, 0.15) is 44.1 Å². The van der Waals surface area contributed by atoms with Crippen LogP contribution in [0.4, 0.5) is 0 Å². The number of halogens is 1. The smallest absolute Gasteiger partial charge is 0.233 e. The summed E-state index contributed by atoms with van der Waals surface area (Å²) in [6.45, 7) is 2.87. The van der Waals surface area contributed by atoms with Crippen LogP contribution in [-0.2, 0) is 10.2 Å². The third-order valence-corrected chi connectivity index (χ3v) is 5.91. The molecule has 0 radical (unpaired) electrons. The number of amides is 1. The van der Waals surface area contributed by atoms with Crippen molar-refractivity contribution in [3.63, 3.8) is 0 Å². The van der Waals surface area contributed by atoms with Gasteiger partial charge in [-0.3, -0.25) is 4.79 Å². The minimum atomic E-state index is -0.305. The van der Waals surface area contributed by atoms with Crippen molar-refractivity contribution in [2.75, 3.05) is 26.7 Å². The lowest BCUT2D eigenvalue weighted by Gasteiger charge is -2.39. The van der Waals surface area contributed by atoms with E-state index >= 15 is 0 Å². The number of nitrogens with zero attached hydrogens (tertiary/aromatic N) is 1. The van der Waals surface area contributed by atoms with Crippen molar-refractivity contribution in [2.45, 2.75) is 43.9 Å². The largest absolute Gasteiger partial charge is 0.342 e. The molecular weight excluding hydrogens is 308 g/mol. The van der Waals surface area contributed by atoms with Crippen LogP contribution in [0.3, 0.4) is 0 Å². The Morgan fingerprint density at radius 1 is 1.22 bits per heavy atom. The predicted octanol–water partition coefficient (Wildman–Crippen LogP) is 3.61. The van der Waals surface area contributed by atoms with Crippen molar-refractivity contribution in [2.24, 2.45) is 5.92 Å². The average Bonchev–Trinajstić information content (AvgIpc) is 3.07. The van der Waals surface area contributed by atoms with Crippen LogP contribution in [0.2, 0.25) is 5.02 Å². The number of piperidine rings is 1. The zero-order chi connectivity index (χ0) is 16.3. The van der Waals surface area contributed by atoms with Gasteiger partial charge in [0.05, 0.1) is 5.41 Å². The Labute approximate surface area is 144 Å². The quantitative estimate of drug-likeness (QED) is 0.912. The van der Waals surface area contributed by atoms with Crippen LogP contribution in [0.5, 0.6) is 0 Å². The van der Waals surface area contributed by atoms with Gasteiger partial charge in [0.25, 0.3) is 0 Å². The number of benzene rings is 1. The van der Waals surface area contributed by atoms with Crippen molar-refractivity contribution >= 4 is 17.5 Å². The van der Waals surface area contributed by atoms with Crippen molar-refractivity contribution < 1.29 is 4.79 Å². The first-order valence-electron chi connectivity index (χ1n) is 8.86. The molecule has 1 heterocycles. The SMILES string of the molecule is CNCC1CCN(C(=O)C2(c3ccc(Cl)cc3)CCCC2)CC1. The summed E-state index contributed by atoms with van der Waals surface area (Å²) in [6.07, 6.45) is 6.47. The molecule has 0 unspecified atom stereocenters. The zero-order valence-corrected chi connectivity index (χ0v) is 14.7. The second kappa shape index (κ2) is 7.23. The second-order valence-electron chi connectivity index (χ2n) is 7.09. The Hall–Kier alpha value is -1.06. The molecule has 1 aliphatic carbocycles. The van der Waals surface area contributed by atoms with Gasteiger partial charge in [0.1, 0.15) is 0 Å². The van der Waals surface area contributed by atoms with Gasteiger partial charge in [0, 0.05) is 18.1 Å². The van der Waals surface area contributed by atoms with Gasteiger partial charge in [-0.2, -0.15) is 0 Å². The zero-order valence-electron chi connectivity index (χ0n) is 14.0. The van der Waals surface area contributed by atoms with Crippen LogP contribution in [0.25, 0.3) is 0 Å². The summed E-state index contributed by atoms with van der Waals surface area (Å²) in [5, 5.41) is 4.00. The predicted molar refractivity (Wildman–Crippen MR) is 94.8 cm³/mol. The second-order valence-corrected chi connectivity index (χ2v) is 7.53. The molecule has 3 nitrogen and oxygen atoms in total. The Morgan fingerprint density at radius 2 is 1.83 bits per heavy atom. The molecule has 0 spiro atoms. The summed E-state index contributed by atoms with van der Waals surface area (Å²) in [5.74, 6) is 1.05. The van der Waals surface area contributed by atoms with E-state index in [2.05, 4.69) is 22.3 Å². The minimum absolute atomic E-state index is 0.305. The number of carbonyl (C=O) groups is 1. The lowest BCUT2D eigenvalue weighted by Crippen LogP contribution is -2.49.